The molecule has 5 atom stereocenters. The van der Waals surface area contributed by atoms with Crippen LogP contribution in [0.2, 0.25) is 0 Å². The molecule has 0 saturated carbocycles. The molecule has 2 saturated heterocycles. The molecule has 2 aliphatic rings. The Morgan fingerprint density at radius 1 is 0.468 bits per heavy atom. The van der Waals surface area contributed by atoms with Crippen molar-refractivity contribution in [1.29, 1.82) is 0 Å². The number of aliphatic carboxylic acids is 14. The second kappa shape index (κ2) is 74.1. The number of ether oxygens (including phenoxy) is 13. The molecule has 0 spiro atoms. The first kappa shape index (κ1) is 114. The maximum atomic E-state index is 11.4. The van der Waals surface area contributed by atoms with E-state index in [4.69, 9.17) is 100 Å². The molecule has 0 radical (unpaired) electrons. The van der Waals surface area contributed by atoms with Gasteiger partial charge in [-0.3, -0.25) is 0 Å². The number of halogens is 1. The highest BCUT2D eigenvalue weighted by Crippen LogP contribution is 2.30. The van der Waals surface area contributed by atoms with Gasteiger partial charge in [0.05, 0.1) is 45.9 Å². The summed E-state index contributed by atoms with van der Waals surface area (Å²) in [5, 5.41) is 123. The molecule has 1 aromatic heterocycles. The number of unbranched alkanes of at least 4 members (excludes halogenated alkanes) is 1. The highest BCUT2D eigenvalue weighted by atomic mass is 19.1. The number of carbonyl (C=O) groups is 15. The zero-order chi connectivity index (χ0) is 86.9. The van der Waals surface area contributed by atoms with Crippen molar-refractivity contribution in [2.24, 2.45) is 5.41 Å². The monoisotopic (exact) mass is 1620 g/mol. The van der Waals surface area contributed by atoms with E-state index < -0.39 is 166 Å². The fourth-order valence-corrected chi connectivity index (χ4v) is 6.33. The molecule has 1 aromatic carbocycles. The van der Waals surface area contributed by atoms with Gasteiger partial charge >= 0.3 is 89.5 Å². The van der Waals surface area contributed by atoms with E-state index in [-0.39, 0.29) is 64.0 Å². The van der Waals surface area contributed by atoms with Crippen LogP contribution >= 0.6 is 0 Å². The zero-order valence-corrected chi connectivity index (χ0v) is 62.6. The van der Waals surface area contributed by atoms with Crippen LogP contribution in [0.4, 0.5) is 4.39 Å². The number of hydrogen-bond donors (Lipinski definition) is 15. The van der Waals surface area contributed by atoms with Gasteiger partial charge in [-0.05, 0) is 83.4 Å². The number of aromatic carboxylic acids is 1. The number of carboxylic acids is 15. The van der Waals surface area contributed by atoms with Gasteiger partial charge in [0.25, 0.3) is 6.36 Å². The highest BCUT2D eigenvalue weighted by Gasteiger charge is 2.30. The number of methoxy groups -OCH3 is 4. The lowest BCUT2D eigenvalue weighted by Gasteiger charge is -2.32. The van der Waals surface area contributed by atoms with E-state index in [1.165, 1.54) is 60.5 Å². The summed E-state index contributed by atoms with van der Waals surface area (Å²) in [7, 11) is 5.09. The minimum absolute atomic E-state index is 0.0231. The predicted octanol–water partition coefficient (Wildman–Crippen LogP) is 3.27. The standard InChI is InChI=1S/C13H24O6.C9H10O3.2C6H10O6.C6H10O3.C5H8O3.C5H4O3.C5H10O3.C4H6O5.C4H8O3.C3H5FO3/c1-3-5-6-13(4-2,9-18-7-11(14)15)10-19-8-12(16)17;1-12-8(9(10)11)7-5-3-2-4-6-7;2*7-5(8)3-11-1-2-12-4-6(9)10;7-6(8)5-3-1-2-4-9-5;2*6-5(7)4-2-1-3-8-4;1-5(2,8-3)4(6)7;5-3(6)1-9-2-4(7)8;1-3(7-2)4(5)6;1-7-2(4)3(5)6/h3-10H2,1-2H3,(H,14,15)(H,16,17);2-6,8H,1H3,(H,10,11);2*1-4H2,(H,7,8)(H,9,10);5H,1-4H2,(H,7,8);4H,1-3H2,(H,6,7);1-3H,(H,6,7);1-3H3,(H,6,7);1-2H2,(H,5,6)(H,7,8);3H,1-2H3,(H,5,6);2H,1H3,(H,5,6). The number of hydrogen-bond acceptors (Lipinski definition) is 29. The van der Waals surface area contributed by atoms with Crippen molar-refractivity contribution < 1.29 is 219 Å². The smallest absolute Gasteiger partial charge is 0.371 e. The lowest BCUT2D eigenvalue weighted by molar-refractivity contribution is -0.159. The van der Waals surface area contributed by atoms with Gasteiger partial charge in [0.2, 0.25) is 5.76 Å². The largest absolute Gasteiger partial charge is 0.480 e. The van der Waals surface area contributed by atoms with Crippen molar-refractivity contribution in [3.8, 4) is 0 Å². The minimum Gasteiger partial charge on any atom is -0.480 e. The van der Waals surface area contributed by atoms with Gasteiger partial charge in [-0.25, -0.2) is 76.3 Å². The summed E-state index contributed by atoms with van der Waals surface area (Å²) >= 11 is 0. The van der Waals surface area contributed by atoms with Gasteiger partial charge in [0.1, 0.15) is 52.9 Å². The van der Waals surface area contributed by atoms with Crippen LogP contribution in [0.5, 0.6) is 0 Å². The van der Waals surface area contributed by atoms with E-state index in [1.807, 2.05) is 13.0 Å². The third kappa shape index (κ3) is 80.8. The van der Waals surface area contributed by atoms with E-state index in [0.29, 0.717) is 31.6 Å². The molecule has 45 heteroatoms. The van der Waals surface area contributed by atoms with Gasteiger partial charge < -0.3 is 143 Å². The molecule has 0 amide bonds. The molecule has 111 heavy (non-hydrogen) atoms. The molecule has 640 valence electrons. The third-order valence-corrected chi connectivity index (χ3v) is 12.3. The SMILES string of the molecule is CCCCC(CC)(COCC(=O)O)COCC(=O)O.COC(C(=O)O)c1ccccc1.COC(C)(C)C(=O)O.COC(C)C(=O)O.COC(F)C(=O)O.O=C(O)C1CCCCO1.O=C(O)C1CCCO1.O=C(O)COCC(=O)O.O=C(O)COCCOCC(=O)O.O=C(O)COCCOCC(=O)O.O=C(O)c1ccco1. The topological polar surface area (TPSA) is 693 Å². The lowest BCUT2D eigenvalue weighted by Crippen LogP contribution is -2.33. The predicted molar refractivity (Wildman–Crippen MR) is 369 cm³/mol. The Morgan fingerprint density at radius 2 is 0.847 bits per heavy atom. The molecule has 0 aliphatic carbocycles. The van der Waals surface area contributed by atoms with Crippen molar-refractivity contribution in [2.75, 3.05) is 134 Å². The van der Waals surface area contributed by atoms with Crippen LogP contribution in [0.25, 0.3) is 0 Å². The second-order valence-corrected chi connectivity index (χ2v) is 21.6. The van der Waals surface area contributed by atoms with Crippen LogP contribution < -0.4 is 0 Å². The highest BCUT2D eigenvalue weighted by molar-refractivity contribution is 5.84. The van der Waals surface area contributed by atoms with Crippen molar-refractivity contribution in [3.05, 3.63) is 60.1 Å². The Kier molecular flexibility index (Phi) is 76.3. The molecular weight excluding hydrogens is 1520 g/mol. The second-order valence-electron chi connectivity index (χ2n) is 21.6. The molecule has 4 rings (SSSR count). The van der Waals surface area contributed by atoms with Crippen LogP contribution in [0.1, 0.15) is 115 Å². The summed E-state index contributed by atoms with van der Waals surface area (Å²) in [6, 6.07) is 11.8. The molecule has 0 bridgehead atoms. The number of alkyl halides is 1. The summed E-state index contributed by atoms with van der Waals surface area (Å²) in [6.07, 6.45) is 4.36. The molecule has 2 aliphatic heterocycles. The summed E-state index contributed by atoms with van der Waals surface area (Å²) < 4.78 is 76.0. The van der Waals surface area contributed by atoms with Crippen molar-refractivity contribution >= 4 is 89.5 Å². The van der Waals surface area contributed by atoms with Gasteiger partial charge in [0.15, 0.2) is 30.0 Å². The van der Waals surface area contributed by atoms with Gasteiger partial charge in [-0.15, -0.1) is 0 Å². The first-order valence-electron chi connectivity index (χ1n) is 32.4. The summed E-state index contributed by atoms with van der Waals surface area (Å²) in [6.45, 7) is 7.22. The number of carboxylic acid groups (broad SMARTS) is 15. The molecule has 2 fully saturated rings. The molecule has 3 heterocycles. The Labute approximate surface area is 635 Å². The van der Waals surface area contributed by atoms with Crippen molar-refractivity contribution in [3.63, 3.8) is 0 Å². The maximum Gasteiger partial charge on any atom is 0.371 e. The number of rotatable bonds is 42. The Morgan fingerprint density at radius 3 is 1.05 bits per heavy atom. The number of benzene rings is 1. The minimum atomic E-state index is -2.18. The third-order valence-electron chi connectivity index (χ3n) is 12.3. The maximum absolute atomic E-state index is 11.4. The van der Waals surface area contributed by atoms with Crippen LogP contribution in [-0.2, 0) is 129 Å². The average Bonchev–Trinajstić information content (AvgIpc) is 1.53. The van der Waals surface area contributed by atoms with Crippen LogP contribution in [0.15, 0.2) is 53.1 Å². The summed E-state index contributed by atoms with van der Waals surface area (Å²) in [4.78, 5) is 150. The van der Waals surface area contributed by atoms with Crippen LogP contribution in [0.3, 0.4) is 0 Å². The fourth-order valence-electron chi connectivity index (χ4n) is 6.33. The first-order valence-corrected chi connectivity index (χ1v) is 32.4. The normalized spacial score (nSPS) is 13.6. The quantitative estimate of drug-likeness (QED) is 0.0424. The molecule has 2 aromatic rings. The van der Waals surface area contributed by atoms with Gasteiger partial charge in [-0.2, -0.15) is 0 Å². The first-order chi connectivity index (χ1) is 51.9. The van der Waals surface area contributed by atoms with E-state index in [1.54, 1.807) is 24.3 Å². The molecule has 5 unspecified atom stereocenters. The Bertz CT molecular complexity index is 2730. The molecule has 15 N–H and O–H groups in total. The average molecular weight is 1620 g/mol. The summed E-state index contributed by atoms with van der Waals surface area (Å²) in [5.74, 6) is -15.7. The van der Waals surface area contributed by atoms with Crippen LogP contribution in [0, 0.1) is 5.41 Å². The Balaban J connectivity index is -0.000000217. The lowest BCUT2D eigenvalue weighted by atomic mass is 9.82. The van der Waals surface area contributed by atoms with E-state index >= 15 is 0 Å². The fraction of sp³-hybridized carbons (Fsp3) is 0.621. The van der Waals surface area contributed by atoms with E-state index in [2.05, 4.69) is 49.2 Å². The zero-order valence-electron chi connectivity index (χ0n) is 62.6. The van der Waals surface area contributed by atoms with E-state index in [9.17, 15) is 76.3 Å². The number of furan rings is 1. The molecule has 44 nitrogen and oxygen atoms in total. The van der Waals surface area contributed by atoms with Crippen molar-refractivity contribution in [2.45, 2.75) is 129 Å². The Hall–Kier alpha value is -10.0. The van der Waals surface area contributed by atoms with Crippen LogP contribution in [-0.4, -0.2) is 331 Å². The molecular formula is C66H105FO44. The van der Waals surface area contributed by atoms with Gasteiger partial charge in [-0.1, -0.05) is 57.0 Å². The van der Waals surface area contributed by atoms with Gasteiger partial charge in [0, 0.05) is 47.1 Å². The van der Waals surface area contributed by atoms with E-state index in [0.717, 1.165) is 52.1 Å². The van der Waals surface area contributed by atoms with Crippen molar-refractivity contribution in [1.82, 2.24) is 0 Å². The summed E-state index contributed by atoms with van der Waals surface area (Å²) in [5.41, 5.74) is -0.687.